The van der Waals surface area contributed by atoms with Crippen molar-refractivity contribution in [1.29, 1.82) is 0 Å². The largest absolute Gasteiger partial charge is 0.351 e. The first-order valence-corrected chi connectivity index (χ1v) is 8.95. The van der Waals surface area contributed by atoms with Crippen LogP contribution in [0.25, 0.3) is 0 Å². The molecule has 7 heteroatoms. The third-order valence-corrected chi connectivity index (χ3v) is 3.80. The van der Waals surface area contributed by atoms with Crippen LogP contribution in [0.2, 0.25) is 0 Å². The normalized spacial score (nSPS) is 15.4. The lowest BCUT2D eigenvalue weighted by atomic mass is 10.0. The van der Waals surface area contributed by atoms with Crippen molar-refractivity contribution >= 4 is 15.7 Å². The molecule has 6 nitrogen and oxygen atoms in total. The standard InChI is InChI=1S/C13H29N3O3S/c1-10(2)8-11(9-16(3)4)15-13(17)12(14)6-7-20(5,18)19/h10-12H,6-9,14H2,1-5H3,(H,15,17). The number of carbonyl (C=O) groups excluding carboxylic acids is 1. The summed E-state index contributed by atoms with van der Waals surface area (Å²) in [5.74, 6) is 0.123. The van der Waals surface area contributed by atoms with Crippen LogP contribution in [0.3, 0.4) is 0 Å². The first-order chi connectivity index (χ1) is 9.01. The van der Waals surface area contributed by atoms with Gasteiger partial charge in [0.15, 0.2) is 0 Å². The van der Waals surface area contributed by atoms with Crippen molar-refractivity contribution in [3.05, 3.63) is 0 Å². The molecule has 0 heterocycles. The Bertz CT molecular complexity index is 384. The Kier molecular flexibility index (Phi) is 8.30. The van der Waals surface area contributed by atoms with Gasteiger partial charge in [-0.05, 0) is 32.9 Å². The van der Waals surface area contributed by atoms with E-state index in [1.54, 1.807) is 0 Å². The molecule has 0 aromatic carbocycles. The van der Waals surface area contributed by atoms with E-state index in [2.05, 4.69) is 19.2 Å². The van der Waals surface area contributed by atoms with Gasteiger partial charge in [-0.1, -0.05) is 13.8 Å². The summed E-state index contributed by atoms with van der Waals surface area (Å²) >= 11 is 0. The average Bonchev–Trinajstić information content (AvgIpc) is 2.22. The Hall–Kier alpha value is -0.660. The predicted molar refractivity (Wildman–Crippen MR) is 82.2 cm³/mol. The minimum Gasteiger partial charge on any atom is -0.351 e. The molecule has 120 valence electrons. The van der Waals surface area contributed by atoms with E-state index >= 15 is 0 Å². The molecule has 0 aromatic rings. The van der Waals surface area contributed by atoms with E-state index < -0.39 is 15.9 Å². The summed E-state index contributed by atoms with van der Waals surface area (Å²) in [4.78, 5) is 14.0. The van der Waals surface area contributed by atoms with Crippen molar-refractivity contribution in [3.8, 4) is 0 Å². The molecular weight excluding hydrogens is 278 g/mol. The second-order valence-electron chi connectivity index (χ2n) is 6.12. The van der Waals surface area contributed by atoms with E-state index in [1.807, 2.05) is 19.0 Å². The van der Waals surface area contributed by atoms with Gasteiger partial charge in [0.2, 0.25) is 5.91 Å². The minimum absolute atomic E-state index is 0.0294. The van der Waals surface area contributed by atoms with Crippen molar-refractivity contribution in [2.45, 2.75) is 38.8 Å². The first-order valence-electron chi connectivity index (χ1n) is 6.89. The molecule has 0 rings (SSSR count). The zero-order chi connectivity index (χ0) is 15.9. The van der Waals surface area contributed by atoms with Crippen LogP contribution >= 0.6 is 0 Å². The Morgan fingerprint density at radius 2 is 1.85 bits per heavy atom. The van der Waals surface area contributed by atoms with Gasteiger partial charge in [0.05, 0.1) is 11.8 Å². The summed E-state index contributed by atoms with van der Waals surface area (Å²) in [6.45, 7) is 4.93. The summed E-state index contributed by atoms with van der Waals surface area (Å²) < 4.78 is 22.2. The van der Waals surface area contributed by atoms with Gasteiger partial charge >= 0.3 is 0 Å². The molecule has 2 atom stereocenters. The zero-order valence-corrected chi connectivity index (χ0v) is 14.0. The van der Waals surface area contributed by atoms with Crippen LogP contribution < -0.4 is 11.1 Å². The topological polar surface area (TPSA) is 92.5 Å². The highest BCUT2D eigenvalue weighted by Crippen LogP contribution is 2.06. The van der Waals surface area contributed by atoms with E-state index in [0.29, 0.717) is 5.92 Å². The third-order valence-electron chi connectivity index (χ3n) is 2.82. The Balaban J connectivity index is 4.42. The maximum atomic E-state index is 12.0. The highest BCUT2D eigenvalue weighted by molar-refractivity contribution is 7.90. The van der Waals surface area contributed by atoms with Crippen LogP contribution in [0.1, 0.15) is 26.7 Å². The number of hydrogen-bond donors (Lipinski definition) is 2. The molecule has 0 aliphatic carbocycles. The van der Waals surface area contributed by atoms with Crippen LogP contribution in [-0.2, 0) is 14.6 Å². The van der Waals surface area contributed by atoms with E-state index in [9.17, 15) is 13.2 Å². The first kappa shape index (κ1) is 19.3. The van der Waals surface area contributed by atoms with Gasteiger partial charge in [-0.15, -0.1) is 0 Å². The second-order valence-corrected chi connectivity index (χ2v) is 8.38. The van der Waals surface area contributed by atoms with E-state index in [0.717, 1.165) is 19.2 Å². The fourth-order valence-corrected chi connectivity index (χ4v) is 2.65. The van der Waals surface area contributed by atoms with Crippen LogP contribution in [0.5, 0.6) is 0 Å². The molecule has 0 bridgehead atoms. The molecule has 0 aliphatic rings. The van der Waals surface area contributed by atoms with Crippen LogP contribution in [0, 0.1) is 5.92 Å². The lowest BCUT2D eigenvalue weighted by molar-refractivity contribution is -0.123. The number of nitrogens with one attached hydrogen (secondary N) is 1. The molecular formula is C13H29N3O3S. The third kappa shape index (κ3) is 10.2. The molecule has 3 N–H and O–H groups in total. The van der Waals surface area contributed by atoms with E-state index in [-0.39, 0.29) is 24.1 Å². The summed E-state index contributed by atoms with van der Waals surface area (Å²) in [5, 5.41) is 2.92. The van der Waals surface area contributed by atoms with Gasteiger partial charge in [-0.3, -0.25) is 4.79 Å². The summed E-state index contributed by atoms with van der Waals surface area (Å²) in [7, 11) is 0.808. The highest BCUT2D eigenvalue weighted by atomic mass is 32.2. The molecule has 0 saturated heterocycles. The SMILES string of the molecule is CC(C)CC(CN(C)C)NC(=O)C(N)CCS(C)(=O)=O. The maximum absolute atomic E-state index is 12.0. The monoisotopic (exact) mass is 307 g/mol. The number of hydrogen-bond acceptors (Lipinski definition) is 5. The van der Waals surface area contributed by atoms with Crippen molar-refractivity contribution in [2.24, 2.45) is 11.7 Å². The lowest BCUT2D eigenvalue weighted by Crippen LogP contribution is -2.49. The molecule has 0 fully saturated rings. The van der Waals surface area contributed by atoms with Gasteiger partial charge < -0.3 is 16.0 Å². The van der Waals surface area contributed by atoms with Crippen LogP contribution in [-0.4, -0.2) is 64.0 Å². The van der Waals surface area contributed by atoms with Gasteiger partial charge in [-0.25, -0.2) is 8.42 Å². The van der Waals surface area contributed by atoms with Gasteiger partial charge in [0.1, 0.15) is 9.84 Å². The van der Waals surface area contributed by atoms with Gasteiger partial charge in [-0.2, -0.15) is 0 Å². The summed E-state index contributed by atoms with van der Waals surface area (Å²) in [6, 6.07) is -0.747. The Labute approximate surface area is 123 Å². The number of nitrogens with two attached hydrogens (primary N) is 1. The van der Waals surface area contributed by atoms with E-state index in [4.69, 9.17) is 5.73 Å². The lowest BCUT2D eigenvalue weighted by Gasteiger charge is -2.25. The van der Waals surface area contributed by atoms with Gasteiger partial charge in [0.25, 0.3) is 0 Å². The fourth-order valence-electron chi connectivity index (χ4n) is 1.97. The van der Waals surface area contributed by atoms with Crippen molar-refractivity contribution in [2.75, 3.05) is 32.6 Å². The molecule has 0 radical (unpaired) electrons. The van der Waals surface area contributed by atoms with E-state index in [1.165, 1.54) is 0 Å². The number of sulfone groups is 1. The van der Waals surface area contributed by atoms with Crippen LogP contribution in [0.15, 0.2) is 0 Å². The molecule has 0 aliphatic heterocycles. The summed E-state index contributed by atoms with van der Waals surface area (Å²) in [5.41, 5.74) is 5.74. The number of likely N-dealkylation sites (N-methyl/N-ethyl adjacent to an activating group) is 1. The van der Waals surface area contributed by atoms with Crippen LogP contribution in [0.4, 0.5) is 0 Å². The molecule has 0 aromatic heterocycles. The Morgan fingerprint density at radius 3 is 2.25 bits per heavy atom. The predicted octanol–water partition coefficient (Wildman–Crippen LogP) is -0.159. The molecule has 0 saturated carbocycles. The molecule has 2 unspecified atom stereocenters. The minimum atomic E-state index is -3.09. The second kappa shape index (κ2) is 8.59. The zero-order valence-electron chi connectivity index (χ0n) is 13.2. The van der Waals surface area contributed by atoms with Gasteiger partial charge in [0, 0.05) is 18.8 Å². The maximum Gasteiger partial charge on any atom is 0.237 e. The summed E-state index contributed by atoms with van der Waals surface area (Å²) in [6.07, 6.45) is 2.16. The van der Waals surface area contributed by atoms with Crippen molar-refractivity contribution < 1.29 is 13.2 Å². The number of carbonyl (C=O) groups is 1. The number of rotatable bonds is 9. The number of nitrogens with zero attached hydrogens (tertiary/aromatic N) is 1. The number of amides is 1. The molecule has 0 spiro atoms. The molecule has 1 amide bonds. The highest BCUT2D eigenvalue weighted by Gasteiger charge is 2.20. The Morgan fingerprint density at radius 1 is 1.30 bits per heavy atom. The smallest absolute Gasteiger partial charge is 0.237 e. The average molecular weight is 307 g/mol. The quantitative estimate of drug-likeness (QED) is 0.617. The van der Waals surface area contributed by atoms with Crippen molar-refractivity contribution in [3.63, 3.8) is 0 Å². The fraction of sp³-hybridized carbons (Fsp3) is 0.923. The molecule has 20 heavy (non-hydrogen) atoms. The van der Waals surface area contributed by atoms with Crippen molar-refractivity contribution in [1.82, 2.24) is 10.2 Å².